The second-order valence-electron chi connectivity index (χ2n) is 6.39. The smallest absolute Gasteiger partial charge is 0.0770 e. The van der Waals surface area contributed by atoms with Crippen LogP contribution in [0.1, 0.15) is 63.6 Å². The molecule has 0 amide bonds. The Morgan fingerprint density at radius 2 is 2.10 bits per heavy atom. The number of likely N-dealkylation sites (N-methyl/N-ethyl adjacent to an activating group) is 1. The minimum absolute atomic E-state index is 0.313. The summed E-state index contributed by atoms with van der Waals surface area (Å²) in [7, 11) is 0. The van der Waals surface area contributed by atoms with Crippen molar-refractivity contribution in [3.63, 3.8) is 0 Å². The molecule has 1 aromatic carbocycles. The molecule has 0 saturated heterocycles. The molecule has 2 nitrogen and oxygen atoms in total. The standard InChI is InChI=1S/C19H31NO/c1-4-9-15(3)14-21-18-13-8-11-16-10-6-7-12-17(16)19(18)20-5-2/h6-7,10,12,15,18-20H,4-5,8-9,11,13-14H2,1-3H3. The number of aryl methyl sites for hydroxylation is 1. The van der Waals surface area contributed by atoms with Crippen LogP contribution in [0.5, 0.6) is 0 Å². The van der Waals surface area contributed by atoms with E-state index in [1.54, 1.807) is 0 Å². The van der Waals surface area contributed by atoms with E-state index < -0.39 is 0 Å². The van der Waals surface area contributed by atoms with E-state index in [9.17, 15) is 0 Å². The summed E-state index contributed by atoms with van der Waals surface area (Å²) in [5.74, 6) is 0.663. The molecule has 0 bridgehead atoms. The summed E-state index contributed by atoms with van der Waals surface area (Å²) in [4.78, 5) is 0. The van der Waals surface area contributed by atoms with Gasteiger partial charge in [-0.1, -0.05) is 51.5 Å². The average Bonchev–Trinajstić information content (AvgIpc) is 2.66. The van der Waals surface area contributed by atoms with Crippen molar-refractivity contribution in [1.29, 1.82) is 0 Å². The zero-order valence-corrected chi connectivity index (χ0v) is 13.9. The molecule has 1 aliphatic carbocycles. The molecule has 21 heavy (non-hydrogen) atoms. The van der Waals surface area contributed by atoms with Crippen LogP contribution in [0.3, 0.4) is 0 Å². The van der Waals surface area contributed by atoms with Crippen molar-refractivity contribution in [2.24, 2.45) is 5.92 Å². The van der Waals surface area contributed by atoms with E-state index in [-0.39, 0.29) is 0 Å². The Morgan fingerprint density at radius 1 is 1.29 bits per heavy atom. The van der Waals surface area contributed by atoms with Crippen LogP contribution in [-0.2, 0) is 11.2 Å². The second-order valence-corrected chi connectivity index (χ2v) is 6.39. The zero-order chi connectivity index (χ0) is 15.1. The fourth-order valence-corrected chi connectivity index (χ4v) is 3.43. The van der Waals surface area contributed by atoms with Crippen molar-refractivity contribution < 1.29 is 4.74 Å². The van der Waals surface area contributed by atoms with Crippen molar-refractivity contribution in [3.05, 3.63) is 35.4 Å². The van der Waals surface area contributed by atoms with E-state index in [1.165, 1.54) is 36.8 Å². The van der Waals surface area contributed by atoms with E-state index in [0.29, 0.717) is 18.1 Å². The highest BCUT2D eigenvalue weighted by molar-refractivity contribution is 5.32. The first-order chi connectivity index (χ1) is 10.3. The lowest BCUT2D eigenvalue weighted by Gasteiger charge is -2.28. The van der Waals surface area contributed by atoms with E-state index in [2.05, 4.69) is 50.4 Å². The van der Waals surface area contributed by atoms with Gasteiger partial charge in [0.25, 0.3) is 0 Å². The molecule has 0 fully saturated rings. The molecule has 0 spiro atoms. The molecule has 1 aromatic rings. The zero-order valence-electron chi connectivity index (χ0n) is 13.9. The van der Waals surface area contributed by atoms with Gasteiger partial charge < -0.3 is 10.1 Å². The van der Waals surface area contributed by atoms with Crippen LogP contribution in [0, 0.1) is 5.92 Å². The van der Waals surface area contributed by atoms with Gasteiger partial charge in [-0.3, -0.25) is 0 Å². The number of ether oxygens (including phenoxy) is 1. The van der Waals surface area contributed by atoms with Gasteiger partial charge in [-0.05, 0) is 49.3 Å². The summed E-state index contributed by atoms with van der Waals surface area (Å²) in [6, 6.07) is 9.22. The van der Waals surface area contributed by atoms with Crippen molar-refractivity contribution in [3.8, 4) is 0 Å². The lowest BCUT2D eigenvalue weighted by atomic mass is 9.97. The third-order valence-electron chi connectivity index (χ3n) is 4.50. The molecular formula is C19H31NO. The highest BCUT2D eigenvalue weighted by Crippen LogP contribution is 2.31. The Labute approximate surface area is 130 Å². The molecule has 0 heterocycles. The Bertz CT molecular complexity index is 418. The largest absolute Gasteiger partial charge is 0.376 e. The molecule has 1 aliphatic rings. The van der Waals surface area contributed by atoms with E-state index in [4.69, 9.17) is 4.74 Å². The van der Waals surface area contributed by atoms with Crippen LogP contribution in [0.15, 0.2) is 24.3 Å². The average molecular weight is 289 g/mol. The molecule has 2 rings (SSSR count). The predicted octanol–water partition coefficient (Wildman–Crippen LogP) is 4.49. The fraction of sp³-hybridized carbons (Fsp3) is 0.684. The van der Waals surface area contributed by atoms with Gasteiger partial charge in [-0.15, -0.1) is 0 Å². The van der Waals surface area contributed by atoms with Crippen LogP contribution in [-0.4, -0.2) is 19.3 Å². The topological polar surface area (TPSA) is 21.3 Å². The predicted molar refractivity (Wildman–Crippen MR) is 89.6 cm³/mol. The summed E-state index contributed by atoms with van der Waals surface area (Å²) in [6.45, 7) is 8.62. The van der Waals surface area contributed by atoms with Crippen LogP contribution in [0.2, 0.25) is 0 Å². The quantitative estimate of drug-likeness (QED) is 0.746. The molecular weight excluding hydrogens is 258 g/mol. The van der Waals surface area contributed by atoms with Gasteiger partial charge in [-0.25, -0.2) is 0 Å². The number of fused-ring (bicyclic) bond motifs is 1. The van der Waals surface area contributed by atoms with Crippen molar-refractivity contribution in [2.45, 2.75) is 65.0 Å². The molecule has 1 N–H and O–H groups in total. The Morgan fingerprint density at radius 3 is 2.86 bits per heavy atom. The van der Waals surface area contributed by atoms with Crippen LogP contribution in [0.25, 0.3) is 0 Å². The molecule has 0 aliphatic heterocycles. The maximum atomic E-state index is 6.34. The maximum Gasteiger partial charge on any atom is 0.0770 e. The minimum atomic E-state index is 0.313. The molecule has 0 aromatic heterocycles. The molecule has 0 saturated carbocycles. The van der Waals surface area contributed by atoms with Crippen LogP contribution < -0.4 is 5.32 Å². The highest BCUT2D eigenvalue weighted by Gasteiger charge is 2.27. The normalized spacial score (nSPS) is 23.4. The lowest BCUT2D eigenvalue weighted by molar-refractivity contribution is 0.00282. The molecule has 2 heteroatoms. The first-order valence-electron chi connectivity index (χ1n) is 8.69. The monoisotopic (exact) mass is 289 g/mol. The van der Waals surface area contributed by atoms with Gasteiger partial charge in [0.1, 0.15) is 0 Å². The van der Waals surface area contributed by atoms with E-state index in [0.717, 1.165) is 19.6 Å². The lowest BCUT2D eigenvalue weighted by Crippen LogP contribution is -2.34. The Kier molecular flexibility index (Phi) is 6.72. The minimum Gasteiger partial charge on any atom is -0.376 e. The van der Waals surface area contributed by atoms with E-state index in [1.807, 2.05) is 0 Å². The Balaban J connectivity index is 2.08. The van der Waals surface area contributed by atoms with Crippen molar-refractivity contribution in [2.75, 3.05) is 13.2 Å². The molecule has 3 unspecified atom stereocenters. The fourth-order valence-electron chi connectivity index (χ4n) is 3.43. The van der Waals surface area contributed by atoms with Gasteiger partial charge in [0.05, 0.1) is 12.1 Å². The van der Waals surface area contributed by atoms with Crippen LogP contribution in [0.4, 0.5) is 0 Å². The summed E-state index contributed by atoms with van der Waals surface area (Å²) >= 11 is 0. The summed E-state index contributed by atoms with van der Waals surface area (Å²) in [5, 5.41) is 3.66. The summed E-state index contributed by atoms with van der Waals surface area (Å²) < 4.78 is 6.34. The molecule has 3 atom stereocenters. The van der Waals surface area contributed by atoms with Gasteiger partial charge in [-0.2, -0.15) is 0 Å². The maximum absolute atomic E-state index is 6.34. The molecule has 0 radical (unpaired) electrons. The van der Waals surface area contributed by atoms with Gasteiger partial charge >= 0.3 is 0 Å². The number of benzene rings is 1. The van der Waals surface area contributed by atoms with Gasteiger partial charge in [0.2, 0.25) is 0 Å². The number of hydrogen-bond donors (Lipinski definition) is 1. The van der Waals surface area contributed by atoms with Gasteiger partial charge in [0, 0.05) is 6.61 Å². The Hall–Kier alpha value is -0.860. The summed E-state index contributed by atoms with van der Waals surface area (Å²) in [6.07, 6.45) is 6.39. The van der Waals surface area contributed by atoms with E-state index >= 15 is 0 Å². The second kappa shape index (κ2) is 8.55. The third kappa shape index (κ3) is 4.55. The van der Waals surface area contributed by atoms with Crippen molar-refractivity contribution in [1.82, 2.24) is 5.32 Å². The highest BCUT2D eigenvalue weighted by atomic mass is 16.5. The third-order valence-corrected chi connectivity index (χ3v) is 4.50. The first kappa shape index (κ1) is 16.5. The first-order valence-corrected chi connectivity index (χ1v) is 8.69. The number of hydrogen-bond acceptors (Lipinski definition) is 2. The van der Waals surface area contributed by atoms with Crippen molar-refractivity contribution >= 4 is 0 Å². The number of nitrogens with one attached hydrogen (secondary N) is 1. The molecule has 118 valence electrons. The number of rotatable bonds is 7. The SMILES string of the molecule is CCCC(C)COC1CCCc2ccccc2C1NCC. The summed E-state index contributed by atoms with van der Waals surface area (Å²) in [5.41, 5.74) is 2.95. The van der Waals surface area contributed by atoms with Crippen LogP contribution >= 0.6 is 0 Å². The van der Waals surface area contributed by atoms with Gasteiger partial charge in [0.15, 0.2) is 0 Å².